The van der Waals surface area contributed by atoms with Gasteiger partial charge in [0.05, 0.1) is 23.1 Å². The van der Waals surface area contributed by atoms with Crippen LogP contribution in [0, 0.1) is 18.3 Å². The minimum Gasteiger partial charge on any atom is -0.366 e. The van der Waals surface area contributed by atoms with Gasteiger partial charge in [0.1, 0.15) is 17.5 Å². The number of nitriles is 1. The van der Waals surface area contributed by atoms with Gasteiger partial charge < -0.3 is 10.6 Å². The number of aromatic nitrogens is 2. The lowest BCUT2D eigenvalue weighted by Gasteiger charge is -2.13. The molecule has 24 heavy (non-hydrogen) atoms. The van der Waals surface area contributed by atoms with Crippen LogP contribution in [-0.4, -0.2) is 35.9 Å². The topological polar surface area (TPSA) is 108 Å². The minimum atomic E-state index is -2.94. The van der Waals surface area contributed by atoms with Crippen LogP contribution < -0.4 is 10.6 Å². The van der Waals surface area contributed by atoms with Crippen LogP contribution in [-0.2, 0) is 9.84 Å². The molecule has 3 rings (SSSR count). The molecule has 0 spiro atoms. The summed E-state index contributed by atoms with van der Waals surface area (Å²) in [5.41, 5.74) is 1.31. The molecular weight excluding hydrogens is 326 g/mol. The van der Waals surface area contributed by atoms with E-state index in [1.165, 1.54) is 0 Å². The molecule has 0 amide bonds. The summed E-state index contributed by atoms with van der Waals surface area (Å²) in [7, 11) is -2.94. The van der Waals surface area contributed by atoms with Crippen LogP contribution >= 0.6 is 0 Å². The Labute approximate surface area is 140 Å². The summed E-state index contributed by atoms with van der Waals surface area (Å²) in [5.74, 6) is 2.08. The molecule has 1 unspecified atom stereocenters. The molecule has 1 aliphatic heterocycles. The van der Waals surface area contributed by atoms with Gasteiger partial charge in [-0.15, -0.1) is 0 Å². The van der Waals surface area contributed by atoms with Gasteiger partial charge in [0.15, 0.2) is 9.84 Å². The third-order valence-electron chi connectivity index (χ3n) is 3.69. The average Bonchev–Trinajstić information content (AvgIpc) is 2.85. The van der Waals surface area contributed by atoms with Crippen LogP contribution in [0.1, 0.15) is 17.8 Å². The van der Waals surface area contributed by atoms with Gasteiger partial charge in [0, 0.05) is 17.8 Å². The van der Waals surface area contributed by atoms with Crippen molar-refractivity contribution in [1.29, 1.82) is 5.26 Å². The van der Waals surface area contributed by atoms with Gasteiger partial charge in [-0.2, -0.15) is 5.26 Å². The summed E-state index contributed by atoms with van der Waals surface area (Å²) in [4.78, 5) is 8.64. The lowest BCUT2D eigenvalue weighted by atomic mass is 10.2. The first-order chi connectivity index (χ1) is 11.4. The molecule has 1 aliphatic rings. The van der Waals surface area contributed by atoms with Gasteiger partial charge in [-0.1, -0.05) is 6.07 Å². The number of rotatable bonds is 4. The van der Waals surface area contributed by atoms with E-state index in [-0.39, 0.29) is 17.5 Å². The Kier molecular flexibility index (Phi) is 4.36. The first kappa shape index (κ1) is 16.2. The third-order valence-corrected chi connectivity index (χ3v) is 5.45. The third kappa shape index (κ3) is 4.00. The van der Waals surface area contributed by atoms with Gasteiger partial charge in [-0.05, 0) is 31.5 Å². The molecule has 2 aromatic rings. The zero-order valence-corrected chi connectivity index (χ0v) is 14.0. The lowest BCUT2D eigenvalue weighted by Crippen LogP contribution is -2.21. The van der Waals surface area contributed by atoms with Crippen molar-refractivity contribution < 1.29 is 8.42 Å². The molecule has 2 heterocycles. The molecule has 1 fully saturated rings. The summed E-state index contributed by atoms with van der Waals surface area (Å²) >= 11 is 0. The molecular formula is C16H17N5O2S. The fourth-order valence-electron chi connectivity index (χ4n) is 2.64. The van der Waals surface area contributed by atoms with Gasteiger partial charge in [0.25, 0.3) is 0 Å². The van der Waals surface area contributed by atoms with Crippen LogP contribution in [0.25, 0.3) is 0 Å². The fourth-order valence-corrected chi connectivity index (χ4v) is 4.31. The predicted octanol–water partition coefficient (Wildman–Crippen LogP) is 2.00. The highest BCUT2D eigenvalue weighted by molar-refractivity contribution is 7.91. The Bertz CT molecular complexity index is 905. The zero-order valence-electron chi connectivity index (χ0n) is 13.2. The molecule has 0 bridgehead atoms. The van der Waals surface area contributed by atoms with E-state index in [0.29, 0.717) is 29.4 Å². The van der Waals surface area contributed by atoms with E-state index in [0.717, 1.165) is 5.69 Å². The second kappa shape index (κ2) is 6.45. The van der Waals surface area contributed by atoms with E-state index < -0.39 is 9.84 Å². The molecule has 0 saturated carbocycles. The van der Waals surface area contributed by atoms with Crippen molar-refractivity contribution in [3.63, 3.8) is 0 Å². The average molecular weight is 343 g/mol. The van der Waals surface area contributed by atoms with E-state index in [1.807, 2.05) is 6.07 Å². The molecule has 1 aromatic carbocycles. The maximum absolute atomic E-state index is 11.6. The number of sulfone groups is 1. The molecule has 124 valence electrons. The summed E-state index contributed by atoms with van der Waals surface area (Å²) in [5, 5.41) is 15.3. The highest BCUT2D eigenvalue weighted by Gasteiger charge is 2.28. The molecule has 1 aromatic heterocycles. The van der Waals surface area contributed by atoms with E-state index in [2.05, 4.69) is 26.7 Å². The first-order valence-corrected chi connectivity index (χ1v) is 9.35. The maximum atomic E-state index is 11.6. The number of aryl methyl sites for hydroxylation is 1. The standard InChI is InChI=1S/C16H17N5O2S/c1-11-18-15(20-13-4-2-3-12(7-13)9-17)8-16(19-11)21-14-5-6-24(22,23)10-14/h2-4,7-8,14H,5-6,10H2,1H3,(H2,18,19,20,21). The Balaban J connectivity index is 1.77. The summed E-state index contributed by atoms with van der Waals surface area (Å²) in [6.45, 7) is 1.77. The van der Waals surface area contributed by atoms with E-state index in [9.17, 15) is 8.42 Å². The van der Waals surface area contributed by atoms with Crippen LogP contribution in [0.15, 0.2) is 30.3 Å². The van der Waals surface area contributed by atoms with Crippen molar-refractivity contribution in [2.24, 2.45) is 0 Å². The second-order valence-electron chi connectivity index (χ2n) is 5.75. The predicted molar refractivity (Wildman–Crippen MR) is 91.9 cm³/mol. The SMILES string of the molecule is Cc1nc(Nc2cccc(C#N)c2)cc(NC2CCS(=O)(=O)C2)n1. The van der Waals surface area contributed by atoms with Crippen LogP contribution in [0.4, 0.5) is 17.3 Å². The monoisotopic (exact) mass is 343 g/mol. The molecule has 1 atom stereocenters. The molecule has 0 aliphatic carbocycles. The number of hydrogen-bond acceptors (Lipinski definition) is 7. The Morgan fingerprint density at radius 3 is 2.75 bits per heavy atom. The Morgan fingerprint density at radius 2 is 2.04 bits per heavy atom. The van der Waals surface area contributed by atoms with Crippen molar-refractivity contribution in [2.75, 3.05) is 22.1 Å². The first-order valence-electron chi connectivity index (χ1n) is 7.53. The molecule has 0 radical (unpaired) electrons. The van der Waals surface area contributed by atoms with Crippen LogP contribution in [0.2, 0.25) is 0 Å². The Morgan fingerprint density at radius 1 is 1.25 bits per heavy atom. The van der Waals surface area contributed by atoms with Crippen molar-refractivity contribution >= 4 is 27.2 Å². The molecule has 8 heteroatoms. The quantitative estimate of drug-likeness (QED) is 0.874. The number of hydrogen-bond donors (Lipinski definition) is 2. The Hall–Kier alpha value is -2.66. The van der Waals surface area contributed by atoms with Gasteiger partial charge in [0.2, 0.25) is 0 Å². The largest absolute Gasteiger partial charge is 0.366 e. The zero-order chi connectivity index (χ0) is 17.2. The van der Waals surface area contributed by atoms with Crippen LogP contribution in [0.5, 0.6) is 0 Å². The highest BCUT2D eigenvalue weighted by atomic mass is 32.2. The summed E-state index contributed by atoms with van der Waals surface area (Å²) in [6.07, 6.45) is 0.582. The van der Waals surface area contributed by atoms with Crippen LogP contribution in [0.3, 0.4) is 0 Å². The number of nitrogens with one attached hydrogen (secondary N) is 2. The van der Waals surface area contributed by atoms with Crippen molar-refractivity contribution in [3.8, 4) is 6.07 Å². The molecule has 1 saturated heterocycles. The summed E-state index contributed by atoms with van der Waals surface area (Å²) in [6, 6.07) is 10.8. The van der Waals surface area contributed by atoms with E-state index in [4.69, 9.17) is 5.26 Å². The van der Waals surface area contributed by atoms with Crippen molar-refractivity contribution in [2.45, 2.75) is 19.4 Å². The van der Waals surface area contributed by atoms with Gasteiger partial charge >= 0.3 is 0 Å². The second-order valence-corrected chi connectivity index (χ2v) is 7.98. The number of nitrogens with zero attached hydrogens (tertiary/aromatic N) is 3. The summed E-state index contributed by atoms with van der Waals surface area (Å²) < 4.78 is 23.1. The van der Waals surface area contributed by atoms with E-state index >= 15 is 0 Å². The minimum absolute atomic E-state index is 0.126. The molecule has 7 nitrogen and oxygen atoms in total. The number of benzene rings is 1. The van der Waals surface area contributed by atoms with Crippen molar-refractivity contribution in [3.05, 3.63) is 41.7 Å². The smallest absolute Gasteiger partial charge is 0.152 e. The van der Waals surface area contributed by atoms with E-state index in [1.54, 1.807) is 31.2 Å². The van der Waals surface area contributed by atoms with Gasteiger partial charge in [-0.3, -0.25) is 0 Å². The lowest BCUT2D eigenvalue weighted by molar-refractivity contribution is 0.602. The highest BCUT2D eigenvalue weighted by Crippen LogP contribution is 2.21. The van der Waals surface area contributed by atoms with Crippen molar-refractivity contribution in [1.82, 2.24) is 9.97 Å². The normalized spacial score (nSPS) is 18.8. The fraction of sp³-hybridized carbons (Fsp3) is 0.312. The molecule has 2 N–H and O–H groups in total. The maximum Gasteiger partial charge on any atom is 0.152 e. The van der Waals surface area contributed by atoms with Gasteiger partial charge in [-0.25, -0.2) is 18.4 Å². The number of anilines is 3.